The highest BCUT2D eigenvalue weighted by molar-refractivity contribution is 5.58. The molecule has 0 unspecified atom stereocenters. The highest BCUT2D eigenvalue weighted by Gasteiger charge is 2.09. The molecule has 6 heteroatoms. The van der Waals surface area contributed by atoms with Gasteiger partial charge in [-0.05, 0) is 53.4 Å². The first kappa shape index (κ1) is 17.0. The van der Waals surface area contributed by atoms with Crippen molar-refractivity contribution in [3.63, 3.8) is 0 Å². The SMILES string of the molecule is CC(C)c1cccc(Nc2ccc3nnc(Cc4ccc(O)cc4)n3n2)c1. The molecule has 0 radical (unpaired) electrons. The summed E-state index contributed by atoms with van der Waals surface area (Å²) in [5, 5.41) is 25.9. The number of aromatic nitrogens is 4. The fraction of sp³-hybridized carbons (Fsp3) is 0.190. The zero-order chi connectivity index (χ0) is 18.8. The molecule has 27 heavy (non-hydrogen) atoms. The van der Waals surface area contributed by atoms with E-state index >= 15 is 0 Å². The number of benzene rings is 2. The molecule has 2 aromatic heterocycles. The maximum absolute atomic E-state index is 9.43. The third-order valence-corrected chi connectivity index (χ3v) is 4.45. The van der Waals surface area contributed by atoms with Gasteiger partial charge in [-0.2, -0.15) is 4.52 Å². The van der Waals surface area contributed by atoms with Crippen molar-refractivity contribution in [2.75, 3.05) is 5.32 Å². The fourth-order valence-electron chi connectivity index (χ4n) is 2.93. The van der Waals surface area contributed by atoms with Crippen molar-refractivity contribution in [2.45, 2.75) is 26.2 Å². The van der Waals surface area contributed by atoms with Crippen LogP contribution in [0.5, 0.6) is 5.75 Å². The van der Waals surface area contributed by atoms with E-state index in [4.69, 9.17) is 0 Å². The largest absolute Gasteiger partial charge is 0.508 e. The van der Waals surface area contributed by atoms with Crippen molar-refractivity contribution in [1.82, 2.24) is 19.8 Å². The molecule has 0 saturated carbocycles. The molecule has 2 aromatic carbocycles. The first-order valence-corrected chi connectivity index (χ1v) is 8.95. The van der Waals surface area contributed by atoms with Gasteiger partial charge in [0.05, 0.1) is 0 Å². The Kier molecular flexibility index (Phi) is 4.46. The molecule has 0 aliphatic heterocycles. The molecule has 0 aliphatic carbocycles. The summed E-state index contributed by atoms with van der Waals surface area (Å²) in [6.07, 6.45) is 0.584. The minimum atomic E-state index is 0.248. The van der Waals surface area contributed by atoms with Crippen molar-refractivity contribution in [2.24, 2.45) is 0 Å². The number of anilines is 2. The zero-order valence-electron chi connectivity index (χ0n) is 15.3. The molecule has 2 N–H and O–H groups in total. The van der Waals surface area contributed by atoms with Crippen LogP contribution < -0.4 is 5.32 Å². The van der Waals surface area contributed by atoms with Crippen molar-refractivity contribution < 1.29 is 5.11 Å². The Bertz CT molecular complexity index is 1070. The van der Waals surface area contributed by atoms with E-state index < -0.39 is 0 Å². The highest BCUT2D eigenvalue weighted by atomic mass is 16.3. The van der Waals surface area contributed by atoms with Crippen LogP contribution in [0, 0.1) is 0 Å². The third kappa shape index (κ3) is 3.74. The second-order valence-corrected chi connectivity index (χ2v) is 6.85. The van der Waals surface area contributed by atoms with Crippen LogP contribution in [-0.4, -0.2) is 24.9 Å². The molecular formula is C21H21N5O. The van der Waals surface area contributed by atoms with Gasteiger partial charge in [0.25, 0.3) is 0 Å². The van der Waals surface area contributed by atoms with E-state index in [-0.39, 0.29) is 5.75 Å². The van der Waals surface area contributed by atoms with Crippen LogP contribution in [0.4, 0.5) is 11.5 Å². The minimum Gasteiger partial charge on any atom is -0.508 e. The number of phenols is 1. The van der Waals surface area contributed by atoms with Gasteiger partial charge in [0, 0.05) is 12.1 Å². The number of fused-ring (bicyclic) bond motifs is 1. The first-order chi connectivity index (χ1) is 13.1. The quantitative estimate of drug-likeness (QED) is 0.556. The molecular weight excluding hydrogens is 338 g/mol. The summed E-state index contributed by atoms with van der Waals surface area (Å²) < 4.78 is 1.75. The Morgan fingerprint density at radius 2 is 1.81 bits per heavy atom. The zero-order valence-corrected chi connectivity index (χ0v) is 15.3. The number of hydrogen-bond acceptors (Lipinski definition) is 5. The molecule has 0 aliphatic rings. The molecule has 0 bridgehead atoms. The highest BCUT2D eigenvalue weighted by Crippen LogP contribution is 2.21. The maximum Gasteiger partial charge on any atom is 0.178 e. The van der Waals surface area contributed by atoms with Crippen LogP contribution in [0.3, 0.4) is 0 Å². The lowest BCUT2D eigenvalue weighted by molar-refractivity contribution is 0.475. The number of phenolic OH excluding ortho intramolecular Hbond substituents is 1. The van der Waals surface area contributed by atoms with Gasteiger partial charge in [0.15, 0.2) is 17.3 Å². The molecule has 6 nitrogen and oxygen atoms in total. The number of aromatic hydroxyl groups is 1. The van der Waals surface area contributed by atoms with E-state index in [2.05, 4.69) is 46.6 Å². The lowest BCUT2D eigenvalue weighted by atomic mass is 10.0. The Hall–Kier alpha value is -3.41. The number of nitrogens with one attached hydrogen (secondary N) is 1. The van der Waals surface area contributed by atoms with Gasteiger partial charge < -0.3 is 10.4 Å². The molecule has 136 valence electrons. The molecule has 0 amide bonds. The van der Waals surface area contributed by atoms with Gasteiger partial charge in [0.1, 0.15) is 5.75 Å². The van der Waals surface area contributed by atoms with Crippen molar-refractivity contribution in [1.29, 1.82) is 0 Å². The Labute approximate surface area is 157 Å². The minimum absolute atomic E-state index is 0.248. The second-order valence-electron chi connectivity index (χ2n) is 6.85. The van der Waals surface area contributed by atoms with Crippen LogP contribution in [0.2, 0.25) is 0 Å². The van der Waals surface area contributed by atoms with E-state index in [1.807, 2.05) is 36.4 Å². The number of nitrogens with zero attached hydrogens (tertiary/aromatic N) is 4. The van der Waals surface area contributed by atoms with Gasteiger partial charge in [-0.1, -0.05) is 38.1 Å². The second kappa shape index (κ2) is 7.07. The maximum atomic E-state index is 9.43. The smallest absolute Gasteiger partial charge is 0.178 e. The van der Waals surface area contributed by atoms with Gasteiger partial charge in [-0.3, -0.25) is 0 Å². The van der Waals surface area contributed by atoms with Gasteiger partial charge in [0.2, 0.25) is 0 Å². The summed E-state index contributed by atoms with van der Waals surface area (Å²) >= 11 is 0. The van der Waals surface area contributed by atoms with Crippen LogP contribution in [0.1, 0.15) is 36.7 Å². The molecule has 0 fully saturated rings. The Morgan fingerprint density at radius 1 is 1.00 bits per heavy atom. The van der Waals surface area contributed by atoms with E-state index in [0.29, 0.717) is 18.0 Å². The summed E-state index contributed by atoms with van der Waals surface area (Å²) in [6.45, 7) is 4.35. The normalized spacial score (nSPS) is 11.2. The van der Waals surface area contributed by atoms with Crippen LogP contribution in [0.15, 0.2) is 60.7 Å². The number of hydrogen-bond donors (Lipinski definition) is 2. The molecule has 0 spiro atoms. The van der Waals surface area contributed by atoms with Crippen molar-refractivity contribution in [3.05, 3.63) is 77.6 Å². The van der Waals surface area contributed by atoms with Crippen LogP contribution in [0.25, 0.3) is 5.65 Å². The predicted octanol–water partition coefficient (Wildman–Crippen LogP) is 4.29. The van der Waals surface area contributed by atoms with Crippen molar-refractivity contribution >= 4 is 17.2 Å². The standard InChI is InChI=1S/C21H21N5O/c1-14(2)16-4-3-5-17(13-16)22-19-10-11-20-23-24-21(26(20)25-19)12-15-6-8-18(27)9-7-15/h3-11,13-14,27H,12H2,1-2H3,(H,22,25). The summed E-state index contributed by atoms with van der Waals surface area (Å²) in [7, 11) is 0. The average Bonchev–Trinajstić information content (AvgIpc) is 3.06. The topological polar surface area (TPSA) is 75.3 Å². The lowest BCUT2D eigenvalue weighted by Crippen LogP contribution is -2.03. The van der Waals surface area contributed by atoms with Crippen molar-refractivity contribution in [3.8, 4) is 5.75 Å². The lowest BCUT2D eigenvalue weighted by Gasteiger charge is -2.10. The molecule has 2 heterocycles. The van der Waals surface area contributed by atoms with Crippen LogP contribution in [-0.2, 0) is 6.42 Å². The predicted molar refractivity (Wildman–Crippen MR) is 106 cm³/mol. The Morgan fingerprint density at radius 3 is 2.59 bits per heavy atom. The summed E-state index contributed by atoms with van der Waals surface area (Å²) in [5.74, 6) is 2.19. The molecule has 0 atom stereocenters. The van der Waals surface area contributed by atoms with E-state index in [1.165, 1.54) is 5.56 Å². The summed E-state index contributed by atoms with van der Waals surface area (Å²) in [5.41, 5.74) is 4.01. The Balaban J connectivity index is 1.61. The third-order valence-electron chi connectivity index (χ3n) is 4.45. The monoisotopic (exact) mass is 359 g/mol. The van der Waals surface area contributed by atoms with Crippen LogP contribution >= 0.6 is 0 Å². The average molecular weight is 359 g/mol. The van der Waals surface area contributed by atoms with E-state index in [9.17, 15) is 5.11 Å². The van der Waals surface area contributed by atoms with Gasteiger partial charge >= 0.3 is 0 Å². The molecule has 4 rings (SSSR count). The van der Waals surface area contributed by atoms with Gasteiger partial charge in [-0.25, -0.2) is 0 Å². The first-order valence-electron chi connectivity index (χ1n) is 8.95. The molecule has 0 saturated heterocycles. The number of rotatable bonds is 5. The van der Waals surface area contributed by atoms with E-state index in [0.717, 1.165) is 22.9 Å². The van der Waals surface area contributed by atoms with E-state index in [1.54, 1.807) is 16.6 Å². The molecule has 4 aromatic rings. The van der Waals surface area contributed by atoms with Gasteiger partial charge in [-0.15, -0.1) is 15.3 Å². The summed E-state index contributed by atoms with van der Waals surface area (Å²) in [6, 6.07) is 19.2. The summed E-state index contributed by atoms with van der Waals surface area (Å²) in [4.78, 5) is 0. The fourth-order valence-corrected chi connectivity index (χ4v) is 2.93.